The summed E-state index contributed by atoms with van der Waals surface area (Å²) in [5.74, 6) is 1.41. The highest BCUT2D eigenvalue weighted by Gasteiger charge is 2.29. The number of hydrogen-bond donors (Lipinski definition) is 0. The van der Waals surface area contributed by atoms with E-state index in [0.29, 0.717) is 18.6 Å². The molecule has 2 nitrogen and oxygen atoms in total. The lowest BCUT2D eigenvalue weighted by atomic mass is 9.88. The fourth-order valence-electron chi connectivity index (χ4n) is 2.59. The van der Waals surface area contributed by atoms with Crippen LogP contribution in [0.1, 0.15) is 32.6 Å². The molecule has 0 spiro atoms. The van der Waals surface area contributed by atoms with Crippen LogP contribution in [0.5, 0.6) is 0 Å². The van der Waals surface area contributed by atoms with Gasteiger partial charge in [-0.05, 0) is 37.5 Å². The van der Waals surface area contributed by atoms with E-state index in [9.17, 15) is 0 Å². The van der Waals surface area contributed by atoms with Gasteiger partial charge in [-0.25, -0.2) is 0 Å². The molecular weight excluding hydrogens is 212 g/mol. The van der Waals surface area contributed by atoms with Crippen molar-refractivity contribution in [1.29, 1.82) is 0 Å². The third-order valence-electron chi connectivity index (χ3n) is 3.62. The Morgan fingerprint density at radius 1 is 1.27 bits per heavy atom. The molecule has 88 valence electrons. The molecule has 3 unspecified atom stereocenters. The summed E-state index contributed by atoms with van der Waals surface area (Å²) >= 11 is 6.26. The third-order valence-corrected chi connectivity index (χ3v) is 4.10. The lowest BCUT2D eigenvalue weighted by Crippen LogP contribution is -2.34. The first-order valence-corrected chi connectivity index (χ1v) is 6.52. The maximum atomic E-state index is 6.26. The zero-order valence-corrected chi connectivity index (χ0v) is 10.2. The summed E-state index contributed by atoms with van der Waals surface area (Å²) in [7, 11) is 0. The molecule has 0 radical (unpaired) electrons. The van der Waals surface area contributed by atoms with Gasteiger partial charge in [0.15, 0.2) is 0 Å². The standard InChI is InChI=1S/C12H21ClO2/c1-9-2-5-15-11(6-9)7-10-3-4-14-8-12(10)13/h9-12H,2-8H2,1H3/t9-,10?,11?,12?/m0/s1. The Bertz CT molecular complexity index is 198. The largest absolute Gasteiger partial charge is 0.380 e. The second-order valence-corrected chi connectivity index (χ2v) is 5.56. The summed E-state index contributed by atoms with van der Waals surface area (Å²) in [6, 6.07) is 0. The molecule has 0 aromatic carbocycles. The summed E-state index contributed by atoms with van der Waals surface area (Å²) in [5.41, 5.74) is 0. The van der Waals surface area contributed by atoms with Crippen molar-refractivity contribution in [3.63, 3.8) is 0 Å². The van der Waals surface area contributed by atoms with Crippen molar-refractivity contribution in [3.05, 3.63) is 0 Å². The van der Waals surface area contributed by atoms with Crippen LogP contribution >= 0.6 is 11.6 Å². The van der Waals surface area contributed by atoms with E-state index in [0.717, 1.165) is 32.0 Å². The van der Waals surface area contributed by atoms with Gasteiger partial charge in [0.05, 0.1) is 18.1 Å². The fraction of sp³-hybridized carbons (Fsp3) is 1.00. The molecule has 2 saturated heterocycles. The van der Waals surface area contributed by atoms with Crippen molar-refractivity contribution >= 4 is 11.6 Å². The van der Waals surface area contributed by atoms with E-state index in [2.05, 4.69) is 6.92 Å². The summed E-state index contributed by atoms with van der Waals surface area (Å²) in [4.78, 5) is 0. The Morgan fingerprint density at radius 2 is 2.13 bits per heavy atom. The van der Waals surface area contributed by atoms with Gasteiger partial charge in [-0.1, -0.05) is 6.92 Å². The van der Waals surface area contributed by atoms with Crippen LogP contribution in [0.3, 0.4) is 0 Å². The predicted molar refractivity (Wildman–Crippen MR) is 61.3 cm³/mol. The molecule has 0 aromatic rings. The number of rotatable bonds is 2. The van der Waals surface area contributed by atoms with E-state index >= 15 is 0 Å². The summed E-state index contributed by atoms with van der Waals surface area (Å²) < 4.78 is 11.1. The van der Waals surface area contributed by atoms with Gasteiger partial charge in [0, 0.05) is 13.2 Å². The van der Waals surface area contributed by atoms with Crippen LogP contribution in [0.4, 0.5) is 0 Å². The minimum Gasteiger partial charge on any atom is -0.380 e. The van der Waals surface area contributed by atoms with E-state index in [1.54, 1.807) is 0 Å². The molecule has 3 heteroatoms. The molecule has 4 atom stereocenters. The van der Waals surface area contributed by atoms with Gasteiger partial charge in [-0.2, -0.15) is 0 Å². The molecule has 0 bridgehead atoms. The second-order valence-electron chi connectivity index (χ2n) is 5.00. The van der Waals surface area contributed by atoms with Gasteiger partial charge in [-0.3, -0.25) is 0 Å². The Balaban J connectivity index is 1.79. The van der Waals surface area contributed by atoms with Gasteiger partial charge in [0.1, 0.15) is 0 Å². The fourth-order valence-corrected chi connectivity index (χ4v) is 2.90. The molecule has 0 saturated carbocycles. The molecule has 2 heterocycles. The van der Waals surface area contributed by atoms with Gasteiger partial charge in [0.2, 0.25) is 0 Å². The smallest absolute Gasteiger partial charge is 0.0632 e. The normalized spacial score (nSPS) is 42.8. The second kappa shape index (κ2) is 5.51. The quantitative estimate of drug-likeness (QED) is 0.682. The van der Waals surface area contributed by atoms with Gasteiger partial charge in [-0.15, -0.1) is 11.6 Å². The maximum Gasteiger partial charge on any atom is 0.0632 e. The minimum atomic E-state index is 0.194. The van der Waals surface area contributed by atoms with Crippen LogP contribution in [0, 0.1) is 11.8 Å². The summed E-state index contributed by atoms with van der Waals surface area (Å²) in [6.07, 6.45) is 5.10. The van der Waals surface area contributed by atoms with Crippen LogP contribution in [-0.2, 0) is 9.47 Å². The van der Waals surface area contributed by atoms with Crippen molar-refractivity contribution in [2.75, 3.05) is 19.8 Å². The number of alkyl halides is 1. The highest BCUT2D eigenvalue weighted by molar-refractivity contribution is 6.21. The van der Waals surface area contributed by atoms with E-state index in [1.807, 2.05) is 0 Å². The molecule has 0 aliphatic carbocycles. The highest BCUT2D eigenvalue weighted by atomic mass is 35.5. The van der Waals surface area contributed by atoms with Crippen molar-refractivity contribution < 1.29 is 9.47 Å². The first kappa shape index (κ1) is 11.7. The van der Waals surface area contributed by atoms with Gasteiger partial charge >= 0.3 is 0 Å². The lowest BCUT2D eigenvalue weighted by Gasteiger charge is -2.33. The average Bonchev–Trinajstić information content (AvgIpc) is 2.22. The lowest BCUT2D eigenvalue weighted by molar-refractivity contribution is -0.0296. The van der Waals surface area contributed by atoms with Crippen molar-refractivity contribution in [3.8, 4) is 0 Å². The first-order valence-electron chi connectivity index (χ1n) is 6.09. The molecule has 0 amide bonds. The average molecular weight is 233 g/mol. The SMILES string of the molecule is C[C@H]1CCOC(CC2CCOCC2Cl)C1. The van der Waals surface area contributed by atoms with Crippen molar-refractivity contribution in [2.24, 2.45) is 11.8 Å². The van der Waals surface area contributed by atoms with Crippen molar-refractivity contribution in [1.82, 2.24) is 0 Å². The van der Waals surface area contributed by atoms with Crippen molar-refractivity contribution in [2.45, 2.75) is 44.1 Å². The molecule has 15 heavy (non-hydrogen) atoms. The Morgan fingerprint density at radius 3 is 2.87 bits per heavy atom. The molecule has 2 rings (SSSR count). The Labute approximate surface area is 97.3 Å². The first-order chi connectivity index (χ1) is 7.25. The van der Waals surface area contributed by atoms with Gasteiger partial charge in [0.25, 0.3) is 0 Å². The van der Waals surface area contributed by atoms with Crippen LogP contribution in [-0.4, -0.2) is 31.3 Å². The van der Waals surface area contributed by atoms with Gasteiger partial charge < -0.3 is 9.47 Å². The van der Waals surface area contributed by atoms with Crippen LogP contribution in [0.2, 0.25) is 0 Å². The molecule has 0 N–H and O–H groups in total. The topological polar surface area (TPSA) is 18.5 Å². The number of ether oxygens (including phenoxy) is 2. The highest BCUT2D eigenvalue weighted by Crippen LogP contribution is 2.30. The summed E-state index contributed by atoms with van der Waals surface area (Å²) in [5, 5.41) is 0.194. The number of halogens is 1. The van der Waals surface area contributed by atoms with E-state index in [1.165, 1.54) is 12.8 Å². The van der Waals surface area contributed by atoms with E-state index < -0.39 is 0 Å². The van der Waals surface area contributed by atoms with E-state index in [-0.39, 0.29) is 5.38 Å². The zero-order chi connectivity index (χ0) is 10.7. The molecule has 2 aliphatic heterocycles. The Kier molecular flexibility index (Phi) is 4.30. The molecular formula is C12H21ClO2. The zero-order valence-electron chi connectivity index (χ0n) is 9.45. The molecule has 2 fully saturated rings. The third kappa shape index (κ3) is 3.33. The molecule has 0 aromatic heterocycles. The predicted octanol–water partition coefficient (Wildman–Crippen LogP) is 2.84. The monoisotopic (exact) mass is 232 g/mol. The number of hydrogen-bond acceptors (Lipinski definition) is 2. The van der Waals surface area contributed by atoms with Crippen LogP contribution in [0.15, 0.2) is 0 Å². The molecule has 2 aliphatic rings. The van der Waals surface area contributed by atoms with E-state index in [4.69, 9.17) is 21.1 Å². The summed E-state index contributed by atoms with van der Waals surface area (Å²) in [6.45, 7) is 4.84. The maximum absolute atomic E-state index is 6.26. The Hall–Kier alpha value is 0.210. The van der Waals surface area contributed by atoms with Crippen LogP contribution < -0.4 is 0 Å². The van der Waals surface area contributed by atoms with Crippen LogP contribution in [0.25, 0.3) is 0 Å². The minimum absolute atomic E-state index is 0.194.